The van der Waals surface area contributed by atoms with Gasteiger partial charge < -0.3 is 14.8 Å². The van der Waals surface area contributed by atoms with Crippen molar-refractivity contribution in [3.8, 4) is 0 Å². The summed E-state index contributed by atoms with van der Waals surface area (Å²) in [7, 11) is -7.00. The van der Waals surface area contributed by atoms with Crippen LogP contribution < -0.4 is 10.0 Å². The minimum Gasteiger partial charge on any atom is -0.338 e. The van der Waals surface area contributed by atoms with Crippen LogP contribution in [0.5, 0.6) is 0 Å². The van der Waals surface area contributed by atoms with Crippen molar-refractivity contribution < 1.29 is 21.6 Å². The molecule has 0 bridgehead atoms. The largest absolute Gasteiger partial charge is 0.338 e. The van der Waals surface area contributed by atoms with Crippen molar-refractivity contribution in [1.29, 1.82) is 0 Å². The van der Waals surface area contributed by atoms with E-state index in [2.05, 4.69) is 20.0 Å². The van der Waals surface area contributed by atoms with Crippen LogP contribution >= 0.6 is 34.3 Å². The van der Waals surface area contributed by atoms with Gasteiger partial charge in [-0.25, -0.2) is 26.8 Å². The maximum atomic E-state index is 13.2. The van der Waals surface area contributed by atoms with Crippen molar-refractivity contribution >= 4 is 76.1 Å². The number of benzene rings is 3. The quantitative estimate of drug-likeness (QED) is 0.145. The number of carbonyl (C=O) groups excluding carboxylic acids is 1. The van der Waals surface area contributed by atoms with Crippen LogP contribution in [0.4, 0.5) is 5.13 Å². The number of halogens is 1. The molecule has 16 heteroatoms. The van der Waals surface area contributed by atoms with Gasteiger partial charge in [0, 0.05) is 52.5 Å². The normalized spacial score (nSPS) is 17.5. The highest BCUT2D eigenvalue weighted by atomic mass is 35.5. The molecule has 2 aliphatic heterocycles. The summed E-state index contributed by atoms with van der Waals surface area (Å²) in [6, 6.07) is 21.9. The van der Waals surface area contributed by atoms with Gasteiger partial charge in [0.1, 0.15) is 17.3 Å². The Labute approximate surface area is 321 Å². The summed E-state index contributed by atoms with van der Waals surface area (Å²) in [4.78, 5) is 23.6. The van der Waals surface area contributed by atoms with Gasteiger partial charge in [0.05, 0.1) is 15.8 Å². The highest BCUT2D eigenvalue weighted by Gasteiger charge is 2.30. The van der Waals surface area contributed by atoms with Crippen LogP contribution in [0.3, 0.4) is 0 Å². The van der Waals surface area contributed by atoms with Crippen LogP contribution in [-0.4, -0.2) is 55.3 Å². The number of aromatic nitrogens is 3. The summed E-state index contributed by atoms with van der Waals surface area (Å²) in [5.74, 6) is -0.0668. The Bertz CT molecular complexity index is 2380. The highest BCUT2D eigenvalue weighted by Crippen LogP contribution is 2.33. The van der Waals surface area contributed by atoms with Gasteiger partial charge in [-0.2, -0.15) is 0 Å². The lowest BCUT2D eigenvalue weighted by Gasteiger charge is -2.25. The maximum Gasteiger partial charge on any atom is 0.263 e. The Morgan fingerprint density at radius 1 is 0.868 bits per heavy atom. The molecule has 2 atom stereocenters. The van der Waals surface area contributed by atoms with E-state index < -0.39 is 19.9 Å². The Hall–Kier alpha value is -4.12. The third kappa shape index (κ3) is 8.82. The van der Waals surface area contributed by atoms with E-state index >= 15 is 0 Å². The molecule has 2 N–H and O–H groups in total. The van der Waals surface area contributed by atoms with Gasteiger partial charge in [-0.15, -0.1) is 22.7 Å². The van der Waals surface area contributed by atoms with Gasteiger partial charge in [-0.05, 0) is 91.2 Å². The van der Waals surface area contributed by atoms with E-state index in [1.54, 1.807) is 47.4 Å². The molecule has 2 saturated heterocycles. The molecule has 5 heterocycles. The molecule has 0 aliphatic carbocycles. The molecular weight excluding hydrogens is 772 g/mol. The topological polar surface area (TPSA) is 143 Å². The molecule has 2 unspecified atom stereocenters. The maximum absolute atomic E-state index is 13.2. The van der Waals surface area contributed by atoms with Gasteiger partial charge in [0.25, 0.3) is 10.0 Å². The Kier molecular flexibility index (Phi) is 11.3. The minimum absolute atomic E-state index is 0.0374. The Morgan fingerprint density at radius 3 is 2.30 bits per heavy atom. The molecule has 1 amide bonds. The number of anilines is 1. The molecule has 6 aromatic rings. The smallest absolute Gasteiger partial charge is 0.263 e. The fourth-order valence-electron chi connectivity index (χ4n) is 6.71. The number of likely N-dealkylation sites (tertiary alicyclic amines) is 1. The number of carbonyl (C=O) groups is 1. The fourth-order valence-corrected chi connectivity index (χ4v) is 10.9. The van der Waals surface area contributed by atoms with E-state index in [1.807, 2.05) is 64.2 Å². The lowest BCUT2D eigenvalue weighted by molar-refractivity contribution is -0.132. The average Bonchev–Trinajstić information content (AvgIpc) is 4.00. The first-order valence-corrected chi connectivity index (χ1v) is 22.3. The first-order chi connectivity index (χ1) is 25.6. The molecular formula is C37H37ClN6O5S4. The first kappa shape index (κ1) is 37.2. The second kappa shape index (κ2) is 16.1. The molecule has 3 aromatic carbocycles. The van der Waals surface area contributed by atoms with E-state index in [9.17, 15) is 21.6 Å². The third-order valence-corrected chi connectivity index (χ3v) is 14.4. The molecule has 276 valence electrons. The zero-order chi connectivity index (χ0) is 37.0. The lowest BCUT2D eigenvalue weighted by Crippen LogP contribution is -2.33. The van der Waals surface area contributed by atoms with E-state index in [1.165, 1.54) is 22.7 Å². The monoisotopic (exact) mass is 808 g/mol. The van der Waals surface area contributed by atoms with Crippen molar-refractivity contribution in [3.63, 3.8) is 0 Å². The van der Waals surface area contributed by atoms with E-state index in [0.717, 1.165) is 54.3 Å². The van der Waals surface area contributed by atoms with Crippen LogP contribution in [0.2, 0.25) is 5.02 Å². The molecule has 3 aromatic heterocycles. The predicted molar refractivity (Wildman–Crippen MR) is 209 cm³/mol. The number of rotatable bonds is 10. The first-order valence-electron chi connectivity index (χ1n) is 17.1. The summed E-state index contributed by atoms with van der Waals surface area (Å²) < 4.78 is 54.1. The van der Waals surface area contributed by atoms with E-state index in [4.69, 9.17) is 11.6 Å². The van der Waals surface area contributed by atoms with Crippen LogP contribution in [0, 0.1) is 0 Å². The van der Waals surface area contributed by atoms with Crippen molar-refractivity contribution in [2.45, 2.75) is 59.9 Å². The van der Waals surface area contributed by atoms with Gasteiger partial charge >= 0.3 is 0 Å². The van der Waals surface area contributed by atoms with Crippen LogP contribution in [0.1, 0.15) is 53.9 Å². The van der Waals surface area contributed by atoms with E-state index in [-0.39, 0.29) is 34.0 Å². The number of nitrogens with zero attached hydrogens (tertiary/aromatic N) is 4. The molecule has 2 aliphatic rings. The number of fused-ring (bicyclic) bond motifs is 1. The lowest BCUT2D eigenvalue weighted by atomic mass is 10.0. The zero-order valence-electron chi connectivity index (χ0n) is 28.5. The number of sulfone groups is 1. The van der Waals surface area contributed by atoms with Gasteiger partial charge in [-0.1, -0.05) is 41.9 Å². The molecule has 8 rings (SSSR count). The standard InChI is InChI=1S/C24H22ClN3O3S2.C13H15N3O2S2/c25-19-6-3-18-9-12-27(22(18)14-19)15-24(29)28-11-1-2-21(28)17-4-7-20(8-5-17)33(30,31)16-23-26-10-13-32-23;17-20(18,16-13-15-8-9-19-13)11-5-3-10(4-6-11)12-2-1-7-14-12/h3-10,12-14,21H,1-2,11,15-16H2;3-6,8-9,12,14H,1-2,7H2,(H,15,16). The van der Waals surface area contributed by atoms with Crippen LogP contribution in [-0.2, 0) is 37.0 Å². The second-order valence-corrected chi connectivity index (χ2v) is 18.8. The summed E-state index contributed by atoms with van der Waals surface area (Å²) in [5, 5.41) is 9.53. The Balaban J connectivity index is 0.000000186. The molecule has 0 radical (unpaired) electrons. The number of hydrogen-bond donors (Lipinski definition) is 2. The summed E-state index contributed by atoms with van der Waals surface area (Å²) >= 11 is 8.73. The average molecular weight is 809 g/mol. The van der Waals surface area contributed by atoms with Crippen molar-refractivity contribution in [3.05, 3.63) is 123 Å². The second-order valence-electron chi connectivity index (χ2n) is 12.8. The predicted octanol–water partition coefficient (Wildman–Crippen LogP) is 7.46. The van der Waals surface area contributed by atoms with Crippen molar-refractivity contribution in [2.75, 3.05) is 17.8 Å². The van der Waals surface area contributed by atoms with Gasteiger partial charge in [-0.3, -0.25) is 9.52 Å². The summed E-state index contributed by atoms with van der Waals surface area (Å²) in [6.45, 7) is 1.95. The number of amides is 1. The van der Waals surface area contributed by atoms with Gasteiger partial charge in [0.2, 0.25) is 5.91 Å². The Morgan fingerprint density at radius 2 is 1.60 bits per heavy atom. The summed E-state index contributed by atoms with van der Waals surface area (Å²) in [5.41, 5.74) is 3.02. The zero-order valence-corrected chi connectivity index (χ0v) is 32.5. The SMILES string of the molecule is O=C(Cn1ccc2ccc(Cl)cc21)N1CCCC1c1ccc(S(=O)(=O)Cc2nccs2)cc1.O=S(=O)(Nc1nccs1)c1ccc(C2CCCN2)cc1. The molecule has 0 saturated carbocycles. The van der Waals surface area contributed by atoms with E-state index in [0.29, 0.717) is 27.7 Å². The van der Waals surface area contributed by atoms with Crippen molar-refractivity contribution in [2.24, 2.45) is 0 Å². The molecule has 2 fully saturated rings. The molecule has 11 nitrogen and oxygen atoms in total. The number of nitrogens with one attached hydrogen (secondary N) is 2. The highest BCUT2D eigenvalue weighted by molar-refractivity contribution is 7.93. The van der Waals surface area contributed by atoms with Gasteiger partial charge in [0.15, 0.2) is 15.0 Å². The minimum atomic E-state index is -3.55. The van der Waals surface area contributed by atoms with Crippen LogP contribution in [0.15, 0.2) is 112 Å². The number of thiazole rings is 2. The number of hydrogen-bond acceptors (Lipinski definition) is 10. The molecule has 53 heavy (non-hydrogen) atoms. The molecule has 0 spiro atoms. The summed E-state index contributed by atoms with van der Waals surface area (Å²) in [6.07, 6.45) is 9.12. The third-order valence-electron chi connectivity index (χ3n) is 9.34. The van der Waals surface area contributed by atoms with Crippen LogP contribution in [0.25, 0.3) is 10.9 Å². The number of sulfonamides is 1. The van der Waals surface area contributed by atoms with Crippen molar-refractivity contribution in [1.82, 2.24) is 24.8 Å². The fraction of sp³-hybridized carbons (Fsp3) is 0.270.